The number of hydrogen-bond acceptors (Lipinski definition) is 2. The number of anilines is 1. The first kappa shape index (κ1) is 24.6. The topological polar surface area (TPSA) is 77.2 Å². The third-order valence-corrected chi connectivity index (χ3v) is 7.51. The Morgan fingerprint density at radius 3 is 2.43 bits per heavy atom. The zero-order chi connectivity index (χ0) is 25.8. The second kappa shape index (κ2) is 10.9. The Kier molecular flexibility index (Phi) is 7.26. The van der Waals surface area contributed by atoms with Crippen LogP contribution in [0.15, 0.2) is 85.1 Å². The summed E-state index contributed by atoms with van der Waals surface area (Å²) in [5.74, 6) is -0.0153. The van der Waals surface area contributed by atoms with Crippen LogP contribution < -0.4 is 10.6 Å². The fourth-order valence-corrected chi connectivity index (χ4v) is 5.38. The van der Waals surface area contributed by atoms with Crippen LogP contribution in [-0.2, 0) is 4.79 Å². The van der Waals surface area contributed by atoms with Gasteiger partial charge in [-0.15, -0.1) is 0 Å². The van der Waals surface area contributed by atoms with Gasteiger partial charge in [0.2, 0.25) is 5.91 Å². The number of nitrogens with zero attached hydrogens (tertiary/aromatic N) is 1. The van der Waals surface area contributed by atoms with Gasteiger partial charge in [0, 0.05) is 41.8 Å². The number of H-pyrrole nitrogens is 1. The summed E-state index contributed by atoms with van der Waals surface area (Å²) in [7, 11) is 0. The number of hydrogen-bond donors (Lipinski definition) is 3. The van der Waals surface area contributed by atoms with Crippen LogP contribution in [-0.4, -0.2) is 41.0 Å². The summed E-state index contributed by atoms with van der Waals surface area (Å²) in [5, 5.41) is 7.17. The average Bonchev–Trinajstić information content (AvgIpc) is 3.36. The molecule has 4 aromatic rings. The van der Waals surface area contributed by atoms with Crippen LogP contribution in [0.25, 0.3) is 10.9 Å². The lowest BCUT2D eigenvalue weighted by molar-refractivity contribution is -0.118. The Balaban J connectivity index is 1.34. The van der Waals surface area contributed by atoms with Crippen molar-refractivity contribution in [2.75, 3.05) is 18.4 Å². The minimum atomic E-state index is -0.737. The number of carbonyl (C=O) groups is 2. The number of aromatic nitrogens is 1. The molecule has 5 rings (SSSR count). The lowest BCUT2D eigenvalue weighted by atomic mass is 9.89. The van der Waals surface area contributed by atoms with Gasteiger partial charge in [-0.2, -0.15) is 0 Å². The summed E-state index contributed by atoms with van der Waals surface area (Å²) < 4.78 is 0. The van der Waals surface area contributed by atoms with Crippen LogP contribution in [0.4, 0.5) is 10.5 Å². The predicted octanol–water partition coefficient (Wildman–Crippen LogP) is 6.18. The molecular weight excluding hydrogens is 460 g/mol. The molecule has 0 bridgehead atoms. The number of urea groups is 1. The minimum absolute atomic E-state index is 0.192. The summed E-state index contributed by atoms with van der Waals surface area (Å²) in [6.07, 6.45) is 3.77. The number of rotatable bonds is 6. The quantitative estimate of drug-likeness (QED) is 0.299. The van der Waals surface area contributed by atoms with E-state index in [4.69, 9.17) is 0 Å². The summed E-state index contributed by atoms with van der Waals surface area (Å²) in [6, 6.07) is 25.3. The fourth-order valence-electron chi connectivity index (χ4n) is 5.38. The van der Waals surface area contributed by atoms with E-state index in [0.717, 1.165) is 40.6 Å². The molecule has 0 radical (unpaired) electrons. The number of nitrogens with one attached hydrogen (secondary N) is 3. The molecule has 2 atom stereocenters. The normalized spacial score (nSPS) is 15.8. The third kappa shape index (κ3) is 5.53. The van der Waals surface area contributed by atoms with Crippen molar-refractivity contribution in [1.82, 2.24) is 15.2 Å². The maximum absolute atomic E-state index is 13.6. The summed E-state index contributed by atoms with van der Waals surface area (Å²) >= 11 is 0. The number of aromatic amines is 1. The largest absolute Gasteiger partial charge is 0.361 e. The highest BCUT2D eigenvalue weighted by Gasteiger charge is 2.32. The number of benzene rings is 3. The molecule has 0 saturated carbocycles. The van der Waals surface area contributed by atoms with Gasteiger partial charge >= 0.3 is 6.03 Å². The van der Waals surface area contributed by atoms with Gasteiger partial charge in [-0.25, -0.2) is 4.79 Å². The highest BCUT2D eigenvalue weighted by molar-refractivity contribution is 5.98. The Morgan fingerprint density at radius 1 is 0.946 bits per heavy atom. The molecule has 1 aliphatic rings. The number of likely N-dealkylation sites (tertiary alicyclic amines) is 1. The molecule has 1 aliphatic heterocycles. The average molecular weight is 495 g/mol. The van der Waals surface area contributed by atoms with Gasteiger partial charge < -0.3 is 20.5 Å². The molecule has 2 heterocycles. The van der Waals surface area contributed by atoms with Crippen LogP contribution in [0.5, 0.6) is 0 Å². The molecule has 0 aliphatic carbocycles. The Bertz CT molecular complexity index is 1370. The van der Waals surface area contributed by atoms with Crippen molar-refractivity contribution in [2.24, 2.45) is 0 Å². The van der Waals surface area contributed by atoms with Crippen molar-refractivity contribution in [1.29, 1.82) is 0 Å². The molecule has 1 aromatic heterocycles. The number of aryl methyl sites for hydroxylation is 1. The molecule has 3 aromatic carbocycles. The maximum Gasteiger partial charge on any atom is 0.318 e. The SMILES string of the molecule is Cc1cccc(NC(=O)[C@H](NC(=O)N2CCC(c3ccccc3)CC2)[C@@H](C)c2c[nH]c3ccccc23)c1. The van der Waals surface area contributed by atoms with E-state index in [1.54, 1.807) is 0 Å². The van der Waals surface area contributed by atoms with Crippen molar-refractivity contribution in [2.45, 2.75) is 44.6 Å². The Hall–Kier alpha value is -4.06. The van der Waals surface area contributed by atoms with E-state index in [1.807, 2.05) is 79.5 Å². The van der Waals surface area contributed by atoms with Gasteiger partial charge in [-0.1, -0.05) is 67.6 Å². The molecule has 0 spiro atoms. The van der Waals surface area contributed by atoms with Crippen molar-refractivity contribution in [3.8, 4) is 0 Å². The highest BCUT2D eigenvalue weighted by atomic mass is 16.2. The summed E-state index contributed by atoms with van der Waals surface area (Å²) in [5.41, 5.74) is 5.12. The van der Waals surface area contributed by atoms with Crippen LogP contribution in [0.1, 0.15) is 48.3 Å². The third-order valence-electron chi connectivity index (χ3n) is 7.51. The van der Waals surface area contributed by atoms with Gasteiger partial charge in [0.05, 0.1) is 0 Å². The van der Waals surface area contributed by atoms with E-state index in [1.165, 1.54) is 5.56 Å². The number of amides is 3. The van der Waals surface area contributed by atoms with Gasteiger partial charge in [0.1, 0.15) is 6.04 Å². The molecule has 3 amide bonds. The van der Waals surface area contributed by atoms with Crippen LogP contribution in [0.3, 0.4) is 0 Å². The molecular formula is C31H34N4O2. The lowest BCUT2D eigenvalue weighted by Crippen LogP contribution is -2.53. The molecule has 3 N–H and O–H groups in total. The van der Waals surface area contributed by atoms with Crippen LogP contribution in [0, 0.1) is 6.92 Å². The first-order valence-electron chi connectivity index (χ1n) is 13.0. The molecule has 6 nitrogen and oxygen atoms in total. The number of para-hydroxylation sites is 1. The van der Waals surface area contributed by atoms with Crippen LogP contribution in [0.2, 0.25) is 0 Å². The van der Waals surface area contributed by atoms with E-state index < -0.39 is 6.04 Å². The monoisotopic (exact) mass is 494 g/mol. The van der Waals surface area contributed by atoms with E-state index in [-0.39, 0.29) is 17.9 Å². The summed E-state index contributed by atoms with van der Waals surface area (Å²) in [6.45, 7) is 5.32. The van der Waals surface area contributed by atoms with E-state index in [0.29, 0.717) is 19.0 Å². The zero-order valence-electron chi connectivity index (χ0n) is 21.4. The van der Waals surface area contributed by atoms with Gasteiger partial charge in [0.15, 0.2) is 0 Å². The lowest BCUT2D eigenvalue weighted by Gasteiger charge is -2.34. The number of carbonyl (C=O) groups excluding carboxylic acids is 2. The Morgan fingerprint density at radius 2 is 1.68 bits per heavy atom. The molecule has 190 valence electrons. The standard InChI is InChI=1S/C31H34N4O2/c1-21-9-8-12-25(19-21)33-30(36)29(22(2)27-20-32-28-14-7-6-13-26(27)28)34-31(37)35-17-15-24(16-18-35)23-10-4-3-5-11-23/h3-14,19-20,22,24,29,32H,15-18H2,1-2H3,(H,33,36)(H,34,37)/t22-,29+/m0/s1. The first-order chi connectivity index (χ1) is 18.0. The molecule has 1 fully saturated rings. The molecule has 37 heavy (non-hydrogen) atoms. The van der Waals surface area contributed by atoms with Crippen molar-refractivity contribution < 1.29 is 9.59 Å². The van der Waals surface area contributed by atoms with Crippen molar-refractivity contribution in [3.63, 3.8) is 0 Å². The zero-order valence-corrected chi connectivity index (χ0v) is 21.4. The maximum atomic E-state index is 13.6. The molecule has 1 saturated heterocycles. The molecule has 0 unspecified atom stereocenters. The van der Waals surface area contributed by atoms with Gasteiger partial charge in [0.25, 0.3) is 0 Å². The number of fused-ring (bicyclic) bond motifs is 1. The summed E-state index contributed by atoms with van der Waals surface area (Å²) in [4.78, 5) is 32.2. The molecule has 6 heteroatoms. The minimum Gasteiger partial charge on any atom is -0.361 e. The van der Waals surface area contributed by atoms with E-state index in [2.05, 4.69) is 39.9 Å². The van der Waals surface area contributed by atoms with E-state index >= 15 is 0 Å². The number of piperidine rings is 1. The van der Waals surface area contributed by atoms with Crippen molar-refractivity contribution >= 4 is 28.5 Å². The van der Waals surface area contributed by atoms with Gasteiger partial charge in [-0.05, 0) is 60.6 Å². The second-order valence-corrected chi connectivity index (χ2v) is 10.0. The fraction of sp³-hybridized carbons (Fsp3) is 0.290. The van der Waals surface area contributed by atoms with Crippen molar-refractivity contribution in [3.05, 3.63) is 102 Å². The Labute approximate surface area is 218 Å². The van der Waals surface area contributed by atoms with Crippen LogP contribution >= 0.6 is 0 Å². The van der Waals surface area contributed by atoms with E-state index in [9.17, 15) is 9.59 Å². The highest BCUT2D eigenvalue weighted by Crippen LogP contribution is 2.30. The van der Waals surface area contributed by atoms with Gasteiger partial charge in [-0.3, -0.25) is 4.79 Å². The first-order valence-corrected chi connectivity index (χ1v) is 13.0. The predicted molar refractivity (Wildman–Crippen MR) is 149 cm³/mol. The second-order valence-electron chi connectivity index (χ2n) is 10.0. The smallest absolute Gasteiger partial charge is 0.318 e.